The zero-order valence-electron chi connectivity index (χ0n) is 20.3. The maximum atomic E-state index is 13.7. The quantitative estimate of drug-likeness (QED) is 0.458. The first-order valence-electron chi connectivity index (χ1n) is 12.0. The number of pyridine rings is 1. The molecular weight excluding hydrogens is 476 g/mol. The number of ether oxygens (including phenoxy) is 1. The third-order valence-electron chi connectivity index (χ3n) is 6.48. The average Bonchev–Trinajstić information content (AvgIpc) is 2.90. The van der Waals surface area contributed by atoms with Gasteiger partial charge in [0.1, 0.15) is 5.75 Å². The van der Waals surface area contributed by atoms with Crippen molar-refractivity contribution in [1.29, 1.82) is 0 Å². The number of rotatable bonds is 9. The summed E-state index contributed by atoms with van der Waals surface area (Å²) in [6, 6.07) is 17.7. The van der Waals surface area contributed by atoms with Gasteiger partial charge in [0.05, 0.1) is 18.6 Å². The van der Waals surface area contributed by atoms with Gasteiger partial charge in [-0.1, -0.05) is 36.4 Å². The Morgan fingerprint density at radius 2 is 1.75 bits per heavy atom. The molecule has 1 saturated carbocycles. The summed E-state index contributed by atoms with van der Waals surface area (Å²) in [4.78, 5) is 17.2. The number of para-hydroxylation sites is 1. The van der Waals surface area contributed by atoms with Crippen molar-refractivity contribution in [2.24, 2.45) is 5.73 Å². The second-order valence-corrected chi connectivity index (χ2v) is 11.0. The Bertz CT molecular complexity index is 1260. The van der Waals surface area contributed by atoms with Gasteiger partial charge in [0.25, 0.3) is 0 Å². The highest BCUT2D eigenvalue weighted by Crippen LogP contribution is 2.26. The van der Waals surface area contributed by atoms with Gasteiger partial charge in [-0.25, -0.2) is 8.42 Å². The van der Waals surface area contributed by atoms with E-state index in [-0.39, 0.29) is 36.0 Å². The molecule has 0 atom stereocenters. The van der Waals surface area contributed by atoms with Gasteiger partial charge in [-0.3, -0.25) is 9.78 Å². The van der Waals surface area contributed by atoms with Crippen molar-refractivity contribution in [3.8, 4) is 16.9 Å². The van der Waals surface area contributed by atoms with Crippen LogP contribution in [-0.2, 0) is 21.4 Å². The number of carbonyl (C=O) groups is 1. The number of sulfonamides is 1. The molecule has 190 valence electrons. The minimum absolute atomic E-state index is 0.000333. The summed E-state index contributed by atoms with van der Waals surface area (Å²) in [7, 11) is -2.45. The molecule has 0 unspecified atom stereocenters. The van der Waals surface area contributed by atoms with Crippen molar-refractivity contribution in [3.63, 3.8) is 0 Å². The number of nitrogens with one attached hydrogen (secondary N) is 1. The van der Waals surface area contributed by atoms with Crippen LogP contribution in [0.5, 0.6) is 5.75 Å². The Kier molecular flexibility index (Phi) is 8.35. The van der Waals surface area contributed by atoms with Crippen molar-refractivity contribution < 1.29 is 17.9 Å². The molecule has 1 aromatic heterocycles. The normalized spacial score (nSPS) is 18.1. The van der Waals surface area contributed by atoms with Gasteiger partial charge in [-0.15, -0.1) is 0 Å². The Balaban J connectivity index is 1.58. The number of aromatic nitrogens is 1. The molecule has 9 heteroatoms. The lowest BCUT2D eigenvalue weighted by Crippen LogP contribution is -2.46. The molecule has 0 aliphatic heterocycles. The van der Waals surface area contributed by atoms with Crippen molar-refractivity contribution in [1.82, 2.24) is 14.6 Å². The van der Waals surface area contributed by atoms with E-state index in [0.717, 1.165) is 36.8 Å². The SMILES string of the molecule is COc1ccccc1CN(CC(=O)NC1CCC(N)CC1)S(=O)(=O)c1ccc(-c2cccnc2)cc1. The first kappa shape index (κ1) is 25.8. The van der Waals surface area contributed by atoms with Gasteiger partial charge in [0.15, 0.2) is 0 Å². The van der Waals surface area contributed by atoms with Crippen LogP contribution in [-0.4, -0.2) is 49.4 Å². The van der Waals surface area contributed by atoms with E-state index in [9.17, 15) is 13.2 Å². The Labute approximate surface area is 212 Å². The molecule has 1 amide bonds. The van der Waals surface area contributed by atoms with Crippen molar-refractivity contribution in [2.75, 3.05) is 13.7 Å². The van der Waals surface area contributed by atoms with Gasteiger partial charge >= 0.3 is 0 Å². The molecule has 4 rings (SSSR count). The highest BCUT2D eigenvalue weighted by atomic mass is 32.2. The monoisotopic (exact) mass is 508 g/mol. The topological polar surface area (TPSA) is 115 Å². The van der Waals surface area contributed by atoms with Gasteiger partial charge in [0.2, 0.25) is 15.9 Å². The van der Waals surface area contributed by atoms with E-state index in [1.807, 2.05) is 24.3 Å². The Morgan fingerprint density at radius 1 is 1.03 bits per heavy atom. The molecule has 1 heterocycles. The molecular formula is C27H32N4O4S. The van der Waals surface area contributed by atoms with E-state index < -0.39 is 10.0 Å². The molecule has 3 aromatic rings. The van der Waals surface area contributed by atoms with Gasteiger partial charge in [-0.05, 0) is 61.1 Å². The first-order chi connectivity index (χ1) is 17.4. The first-order valence-corrected chi connectivity index (χ1v) is 13.5. The summed E-state index contributed by atoms with van der Waals surface area (Å²) in [6.45, 7) is -0.299. The van der Waals surface area contributed by atoms with E-state index in [1.165, 1.54) is 11.4 Å². The Hall–Kier alpha value is -3.27. The number of hydrogen-bond acceptors (Lipinski definition) is 6. The zero-order chi connectivity index (χ0) is 25.5. The van der Waals surface area contributed by atoms with E-state index in [4.69, 9.17) is 10.5 Å². The standard InChI is InChI=1S/C27H32N4O4S/c1-35-26-7-3-2-5-22(26)18-31(19-27(32)30-24-12-10-23(28)11-13-24)36(33,34)25-14-8-20(9-15-25)21-6-4-16-29-17-21/h2-9,14-17,23-24H,10-13,18-19,28H2,1H3,(H,30,32). The fourth-order valence-corrected chi connectivity index (χ4v) is 5.82. The van der Waals surface area contributed by atoms with Gasteiger partial charge < -0.3 is 15.8 Å². The smallest absolute Gasteiger partial charge is 0.243 e. The maximum absolute atomic E-state index is 13.7. The third-order valence-corrected chi connectivity index (χ3v) is 8.29. The number of benzene rings is 2. The minimum atomic E-state index is -3.99. The number of carbonyl (C=O) groups excluding carboxylic acids is 1. The van der Waals surface area contributed by atoms with E-state index in [0.29, 0.717) is 11.3 Å². The van der Waals surface area contributed by atoms with Crippen molar-refractivity contribution >= 4 is 15.9 Å². The van der Waals surface area contributed by atoms with Crippen LogP contribution in [0.15, 0.2) is 78.0 Å². The molecule has 8 nitrogen and oxygen atoms in total. The number of nitrogens with two attached hydrogens (primary N) is 1. The predicted octanol–water partition coefficient (Wildman–Crippen LogP) is 3.33. The van der Waals surface area contributed by atoms with Crippen LogP contribution in [0.3, 0.4) is 0 Å². The molecule has 36 heavy (non-hydrogen) atoms. The molecule has 0 radical (unpaired) electrons. The summed E-state index contributed by atoms with van der Waals surface area (Å²) in [5, 5.41) is 3.00. The zero-order valence-corrected chi connectivity index (χ0v) is 21.2. The average molecular weight is 509 g/mol. The summed E-state index contributed by atoms with van der Waals surface area (Å²) in [5.74, 6) is 0.229. The summed E-state index contributed by atoms with van der Waals surface area (Å²) in [5.41, 5.74) is 8.39. The summed E-state index contributed by atoms with van der Waals surface area (Å²) < 4.78 is 34.1. The molecule has 3 N–H and O–H groups in total. The number of methoxy groups -OCH3 is 1. The van der Waals surface area contributed by atoms with Crippen LogP contribution in [0.2, 0.25) is 0 Å². The second-order valence-electron chi connectivity index (χ2n) is 9.03. The van der Waals surface area contributed by atoms with Gasteiger partial charge in [-0.2, -0.15) is 4.31 Å². The second kappa shape index (κ2) is 11.6. The number of nitrogens with zero attached hydrogens (tertiary/aromatic N) is 2. The number of hydrogen-bond donors (Lipinski definition) is 2. The van der Waals surface area contributed by atoms with Crippen molar-refractivity contribution in [3.05, 3.63) is 78.6 Å². The largest absolute Gasteiger partial charge is 0.496 e. The molecule has 0 spiro atoms. The fraction of sp³-hybridized carbons (Fsp3) is 0.333. The minimum Gasteiger partial charge on any atom is -0.496 e. The van der Waals surface area contributed by atoms with Crippen LogP contribution < -0.4 is 15.8 Å². The maximum Gasteiger partial charge on any atom is 0.243 e. The van der Waals surface area contributed by atoms with E-state index in [2.05, 4.69) is 10.3 Å². The summed E-state index contributed by atoms with van der Waals surface area (Å²) >= 11 is 0. The molecule has 0 bridgehead atoms. The van der Waals surface area contributed by atoms with Crippen LogP contribution >= 0.6 is 0 Å². The molecule has 1 fully saturated rings. The van der Waals surface area contributed by atoms with Crippen LogP contribution in [0.1, 0.15) is 31.2 Å². The lowest BCUT2D eigenvalue weighted by molar-refractivity contribution is -0.122. The predicted molar refractivity (Wildman–Crippen MR) is 139 cm³/mol. The fourth-order valence-electron chi connectivity index (χ4n) is 4.45. The molecule has 2 aromatic carbocycles. The van der Waals surface area contributed by atoms with Gasteiger partial charge in [0, 0.05) is 36.6 Å². The van der Waals surface area contributed by atoms with Crippen LogP contribution in [0.4, 0.5) is 0 Å². The van der Waals surface area contributed by atoms with Crippen molar-refractivity contribution in [2.45, 2.75) is 49.2 Å². The van der Waals surface area contributed by atoms with Crippen LogP contribution in [0, 0.1) is 0 Å². The Morgan fingerprint density at radius 3 is 2.42 bits per heavy atom. The lowest BCUT2D eigenvalue weighted by Gasteiger charge is -2.28. The lowest BCUT2D eigenvalue weighted by atomic mass is 9.92. The summed E-state index contributed by atoms with van der Waals surface area (Å²) in [6.07, 6.45) is 6.68. The molecule has 1 aliphatic rings. The van der Waals surface area contributed by atoms with E-state index in [1.54, 1.807) is 48.8 Å². The van der Waals surface area contributed by atoms with E-state index >= 15 is 0 Å². The highest BCUT2D eigenvalue weighted by Gasteiger charge is 2.29. The molecule has 0 saturated heterocycles. The highest BCUT2D eigenvalue weighted by molar-refractivity contribution is 7.89. The number of amides is 1. The van der Waals surface area contributed by atoms with Crippen LogP contribution in [0.25, 0.3) is 11.1 Å². The third kappa shape index (κ3) is 6.29. The molecule has 1 aliphatic carbocycles.